The molecule has 2 nitrogen and oxygen atoms in total. The number of aliphatic hydroxyl groups excluding tert-OH is 1. The van der Waals surface area contributed by atoms with Crippen molar-refractivity contribution in [3.8, 4) is 0 Å². The summed E-state index contributed by atoms with van der Waals surface area (Å²) in [6.45, 7) is 4.65. The van der Waals surface area contributed by atoms with Crippen LogP contribution in [0, 0.1) is 0 Å². The fourth-order valence-corrected chi connectivity index (χ4v) is 1.35. The minimum absolute atomic E-state index is 0.325. The van der Waals surface area contributed by atoms with Gasteiger partial charge >= 0.3 is 0 Å². The third-order valence-corrected chi connectivity index (χ3v) is 2.29. The Morgan fingerprint density at radius 2 is 2.09 bits per heavy atom. The fourth-order valence-electron chi connectivity index (χ4n) is 0.775. The van der Waals surface area contributed by atoms with E-state index >= 15 is 0 Å². The van der Waals surface area contributed by atoms with E-state index < -0.39 is 0 Å². The molecule has 0 saturated carbocycles. The van der Waals surface area contributed by atoms with E-state index in [1.165, 1.54) is 11.5 Å². The van der Waals surface area contributed by atoms with Crippen LogP contribution in [0.1, 0.15) is 19.8 Å². The number of hydrogen-bond acceptors (Lipinski definition) is 3. The van der Waals surface area contributed by atoms with Gasteiger partial charge in [0.1, 0.15) is 0 Å². The summed E-state index contributed by atoms with van der Waals surface area (Å²) in [5.74, 6) is 2.41. The van der Waals surface area contributed by atoms with Crippen molar-refractivity contribution in [1.29, 1.82) is 0 Å². The van der Waals surface area contributed by atoms with Gasteiger partial charge in [-0.3, -0.25) is 0 Å². The molecule has 11 heavy (non-hydrogen) atoms. The van der Waals surface area contributed by atoms with Crippen LogP contribution in [0.4, 0.5) is 0 Å². The standard InChI is InChI=1S/C8H19NOS/c1-2-11-8-6-9-5-3-4-7-10/h9-10H,2-8H2,1H3. The molecule has 0 bridgehead atoms. The Morgan fingerprint density at radius 1 is 1.27 bits per heavy atom. The molecule has 3 heteroatoms. The van der Waals surface area contributed by atoms with E-state index in [0.717, 1.165) is 25.9 Å². The van der Waals surface area contributed by atoms with E-state index in [1.54, 1.807) is 0 Å². The van der Waals surface area contributed by atoms with Crippen molar-refractivity contribution in [3.63, 3.8) is 0 Å². The van der Waals surface area contributed by atoms with Crippen LogP contribution in [-0.4, -0.2) is 36.3 Å². The topological polar surface area (TPSA) is 32.3 Å². The molecule has 0 fully saturated rings. The van der Waals surface area contributed by atoms with Gasteiger partial charge in [-0.15, -0.1) is 0 Å². The lowest BCUT2D eigenvalue weighted by Crippen LogP contribution is -2.18. The van der Waals surface area contributed by atoms with E-state index in [9.17, 15) is 0 Å². The lowest BCUT2D eigenvalue weighted by atomic mass is 10.3. The molecule has 0 rings (SSSR count). The van der Waals surface area contributed by atoms with E-state index in [1.807, 2.05) is 11.8 Å². The average Bonchev–Trinajstić information content (AvgIpc) is 2.03. The molecule has 0 radical (unpaired) electrons. The maximum atomic E-state index is 8.48. The smallest absolute Gasteiger partial charge is 0.0431 e. The second-order valence-electron chi connectivity index (χ2n) is 2.38. The number of rotatable bonds is 8. The molecule has 0 aliphatic heterocycles. The van der Waals surface area contributed by atoms with E-state index in [4.69, 9.17) is 5.11 Å². The Labute approximate surface area is 73.8 Å². The van der Waals surface area contributed by atoms with Crippen molar-refractivity contribution in [2.75, 3.05) is 31.2 Å². The van der Waals surface area contributed by atoms with Gasteiger partial charge < -0.3 is 10.4 Å². The molecular formula is C8H19NOS. The third kappa shape index (κ3) is 10.3. The van der Waals surface area contributed by atoms with Gasteiger partial charge in [-0.2, -0.15) is 11.8 Å². The van der Waals surface area contributed by atoms with Gasteiger partial charge in [0.25, 0.3) is 0 Å². The van der Waals surface area contributed by atoms with Crippen molar-refractivity contribution in [2.45, 2.75) is 19.8 Å². The molecule has 0 unspecified atom stereocenters. The summed E-state index contributed by atoms with van der Waals surface area (Å²) in [5.41, 5.74) is 0. The minimum Gasteiger partial charge on any atom is -0.396 e. The highest BCUT2D eigenvalue weighted by Gasteiger charge is 1.87. The molecule has 0 heterocycles. The number of unbranched alkanes of at least 4 members (excludes halogenated alkanes) is 1. The van der Waals surface area contributed by atoms with Crippen molar-refractivity contribution in [1.82, 2.24) is 5.32 Å². The van der Waals surface area contributed by atoms with Crippen molar-refractivity contribution >= 4 is 11.8 Å². The molecule has 2 N–H and O–H groups in total. The van der Waals surface area contributed by atoms with Gasteiger partial charge in [-0.05, 0) is 25.1 Å². The Morgan fingerprint density at radius 3 is 2.73 bits per heavy atom. The Balaban J connectivity index is 2.69. The second-order valence-corrected chi connectivity index (χ2v) is 3.77. The van der Waals surface area contributed by atoms with Gasteiger partial charge in [0.15, 0.2) is 0 Å². The molecule has 0 spiro atoms. The zero-order valence-electron chi connectivity index (χ0n) is 7.31. The molecule has 0 aromatic carbocycles. The van der Waals surface area contributed by atoms with Crippen molar-refractivity contribution < 1.29 is 5.11 Å². The van der Waals surface area contributed by atoms with Gasteiger partial charge in [0.05, 0.1) is 0 Å². The van der Waals surface area contributed by atoms with Crippen LogP contribution in [0.5, 0.6) is 0 Å². The maximum Gasteiger partial charge on any atom is 0.0431 e. The predicted octanol–water partition coefficient (Wildman–Crippen LogP) is 1.10. The molecular weight excluding hydrogens is 158 g/mol. The largest absolute Gasteiger partial charge is 0.396 e. The Bertz CT molecular complexity index is 63.1. The van der Waals surface area contributed by atoms with Gasteiger partial charge in [-0.1, -0.05) is 6.92 Å². The predicted molar refractivity (Wildman–Crippen MR) is 52.2 cm³/mol. The molecule has 0 aliphatic rings. The van der Waals surface area contributed by atoms with E-state index in [-0.39, 0.29) is 0 Å². The molecule has 0 aromatic rings. The Kier molecular flexibility index (Phi) is 10.5. The van der Waals surface area contributed by atoms with Crippen LogP contribution in [0.25, 0.3) is 0 Å². The summed E-state index contributed by atoms with van der Waals surface area (Å²) in [6.07, 6.45) is 2.02. The van der Waals surface area contributed by atoms with Crippen LogP contribution >= 0.6 is 11.8 Å². The van der Waals surface area contributed by atoms with Crippen LogP contribution in [0.15, 0.2) is 0 Å². The number of hydrogen-bond donors (Lipinski definition) is 2. The maximum absolute atomic E-state index is 8.48. The Hall–Kier alpha value is 0.270. The molecule has 0 aliphatic carbocycles. The number of nitrogens with one attached hydrogen (secondary N) is 1. The van der Waals surface area contributed by atoms with Crippen LogP contribution < -0.4 is 5.32 Å². The minimum atomic E-state index is 0.325. The van der Waals surface area contributed by atoms with E-state index in [2.05, 4.69) is 12.2 Å². The molecule has 0 atom stereocenters. The summed E-state index contributed by atoms with van der Waals surface area (Å²) >= 11 is 1.96. The van der Waals surface area contributed by atoms with Crippen molar-refractivity contribution in [2.24, 2.45) is 0 Å². The second kappa shape index (κ2) is 10.3. The first-order valence-corrected chi connectivity index (χ1v) is 5.46. The monoisotopic (exact) mass is 177 g/mol. The van der Waals surface area contributed by atoms with Crippen LogP contribution in [0.3, 0.4) is 0 Å². The van der Waals surface area contributed by atoms with Gasteiger partial charge in [-0.25, -0.2) is 0 Å². The van der Waals surface area contributed by atoms with Gasteiger partial charge in [0.2, 0.25) is 0 Å². The lowest BCUT2D eigenvalue weighted by Gasteiger charge is -2.02. The summed E-state index contributed by atoms with van der Waals surface area (Å²) in [4.78, 5) is 0. The molecule has 0 saturated heterocycles. The molecule has 68 valence electrons. The molecule has 0 aromatic heterocycles. The first kappa shape index (κ1) is 11.3. The highest BCUT2D eigenvalue weighted by atomic mass is 32.2. The summed E-state index contributed by atoms with van der Waals surface area (Å²) < 4.78 is 0. The lowest BCUT2D eigenvalue weighted by molar-refractivity contribution is 0.284. The van der Waals surface area contributed by atoms with Crippen molar-refractivity contribution in [3.05, 3.63) is 0 Å². The third-order valence-electron chi connectivity index (χ3n) is 1.39. The van der Waals surface area contributed by atoms with Crippen LogP contribution in [0.2, 0.25) is 0 Å². The first-order valence-electron chi connectivity index (χ1n) is 4.31. The highest BCUT2D eigenvalue weighted by molar-refractivity contribution is 7.99. The zero-order valence-corrected chi connectivity index (χ0v) is 8.12. The normalized spacial score (nSPS) is 10.4. The highest BCUT2D eigenvalue weighted by Crippen LogP contribution is 1.95. The van der Waals surface area contributed by atoms with E-state index in [0.29, 0.717) is 6.61 Å². The quantitative estimate of drug-likeness (QED) is 0.545. The zero-order chi connectivity index (χ0) is 8.36. The average molecular weight is 177 g/mol. The van der Waals surface area contributed by atoms with Crippen LogP contribution in [-0.2, 0) is 0 Å². The molecule has 0 amide bonds. The first-order chi connectivity index (χ1) is 5.41. The number of thioether (sulfide) groups is 1. The fraction of sp³-hybridized carbons (Fsp3) is 1.00. The van der Waals surface area contributed by atoms with Gasteiger partial charge in [0, 0.05) is 18.9 Å². The summed E-state index contributed by atoms with van der Waals surface area (Å²) in [5, 5.41) is 11.8. The number of aliphatic hydroxyl groups is 1. The SMILES string of the molecule is CCSCCNCCCCO. The summed E-state index contributed by atoms with van der Waals surface area (Å²) in [6, 6.07) is 0. The summed E-state index contributed by atoms with van der Waals surface area (Å²) in [7, 11) is 0.